The van der Waals surface area contributed by atoms with Gasteiger partial charge in [-0.2, -0.15) is 0 Å². The third-order valence-corrected chi connectivity index (χ3v) is 7.32. The predicted octanol–water partition coefficient (Wildman–Crippen LogP) is 5.02. The number of benzene rings is 3. The van der Waals surface area contributed by atoms with Crippen LogP contribution in [0.2, 0.25) is 0 Å². The molecule has 3 heteroatoms. The molecule has 0 aromatic heterocycles. The molecule has 0 bridgehead atoms. The summed E-state index contributed by atoms with van der Waals surface area (Å²) >= 11 is 0. The molecular formula is C32H27NO2. The van der Waals surface area contributed by atoms with E-state index >= 15 is 0 Å². The highest BCUT2D eigenvalue weighted by atomic mass is 16.5. The van der Waals surface area contributed by atoms with Gasteiger partial charge in [0, 0.05) is 29.3 Å². The van der Waals surface area contributed by atoms with Crippen LogP contribution in [0.4, 0.5) is 0 Å². The highest BCUT2D eigenvalue weighted by molar-refractivity contribution is 6.01. The second kappa shape index (κ2) is 8.92. The van der Waals surface area contributed by atoms with Crippen LogP contribution in [0.3, 0.4) is 0 Å². The lowest BCUT2D eigenvalue weighted by Crippen LogP contribution is -2.39. The lowest BCUT2D eigenvalue weighted by Gasteiger charge is -2.30. The molecule has 1 aliphatic heterocycles. The van der Waals surface area contributed by atoms with Crippen LogP contribution >= 0.6 is 0 Å². The molecule has 0 saturated heterocycles. The van der Waals surface area contributed by atoms with Gasteiger partial charge >= 0.3 is 0 Å². The molecular weight excluding hydrogens is 430 g/mol. The zero-order valence-corrected chi connectivity index (χ0v) is 19.7. The molecule has 3 aliphatic rings. The molecule has 0 radical (unpaired) electrons. The molecule has 1 heterocycles. The average molecular weight is 458 g/mol. The number of rotatable bonds is 4. The molecule has 3 aromatic rings. The molecule has 172 valence electrons. The smallest absolute Gasteiger partial charge is 0.169 e. The van der Waals surface area contributed by atoms with Crippen LogP contribution in [-0.2, 0) is 6.42 Å². The lowest BCUT2D eigenvalue weighted by atomic mass is 9.75. The van der Waals surface area contributed by atoms with Crippen molar-refractivity contribution >= 4 is 17.9 Å². The molecule has 3 aromatic carbocycles. The maximum absolute atomic E-state index is 13.7. The van der Waals surface area contributed by atoms with Crippen LogP contribution in [-0.4, -0.2) is 12.9 Å². The maximum atomic E-state index is 13.7. The molecule has 35 heavy (non-hydrogen) atoms. The van der Waals surface area contributed by atoms with Crippen molar-refractivity contribution < 1.29 is 9.53 Å². The number of allylic oxidation sites excluding steroid dienone is 5. The van der Waals surface area contributed by atoms with Gasteiger partial charge in [0.05, 0.1) is 7.11 Å². The Bertz CT molecular complexity index is 1520. The van der Waals surface area contributed by atoms with E-state index in [4.69, 9.17) is 4.74 Å². The summed E-state index contributed by atoms with van der Waals surface area (Å²) in [5.74, 6) is 0.797. The molecule has 2 atom stereocenters. The van der Waals surface area contributed by atoms with Crippen molar-refractivity contribution in [3.63, 3.8) is 0 Å². The number of carbonyl (C=O) groups excluding carboxylic acids is 1. The first kappa shape index (κ1) is 21.4. The van der Waals surface area contributed by atoms with E-state index in [-0.39, 0.29) is 17.6 Å². The standard InChI is InChI=1S/C32H27NO2/c1-35-24-13-10-22(11-14-24)32(34)23-19-29-27-15-12-21-7-4-5-8-25(21)26(27)16-17-28(29)30(20-23)31-9-3-2-6-18-33-31/h2-11,13-19,23,30,33H,12,20H2,1H3. The van der Waals surface area contributed by atoms with Crippen molar-refractivity contribution in [3.8, 4) is 16.9 Å². The van der Waals surface area contributed by atoms with Crippen LogP contribution in [0.25, 0.3) is 23.3 Å². The van der Waals surface area contributed by atoms with E-state index in [1.54, 1.807) is 7.11 Å². The summed E-state index contributed by atoms with van der Waals surface area (Å²) in [5, 5.41) is 5.91. The summed E-state index contributed by atoms with van der Waals surface area (Å²) in [6, 6.07) is 20.6. The van der Waals surface area contributed by atoms with Gasteiger partial charge in [0.15, 0.2) is 5.78 Å². The Morgan fingerprint density at radius 3 is 2.63 bits per heavy atom. The number of ketones is 1. The Kier molecular flexibility index (Phi) is 5.46. The van der Waals surface area contributed by atoms with Gasteiger partial charge in [0.2, 0.25) is 0 Å². The molecule has 2 unspecified atom stereocenters. The van der Waals surface area contributed by atoms with Crippen molar-refractivity contribution in [2.24, 2.45) is 5.92 Å². The Morgan fingerprint density at radius 2 is 1.77 bits per heavy atom. The van der Waals surface area contributed by atoms with Gasteiger partial charge in [-0.1, -0.05) is 60.7 Å². The minimum absolute atomic E-state index is 0.102. The molecule has 0 amide bonds. The van der Waals surface area contributed by atoms with Gasteiger partial charge in [-0.15, -0.1) is 0 Å². The fourth-order valence-corrected chi connectivity index (χ4v) is 5.56. The maximum Gasteiger partial charge on any atom is 0.169 e. The minimum Gasteiger partial charge on any atom is -0.497 e. The molecule has 0 spiro atoms. The van der Waals surface area contributed by atoms with Crippen LogP contribution in [0, 0.1) is 5.92 Å². The van der Waals surface area contributed by atoms with E-state index in [2.05, 4.69) is 66.0 Å². The topological polar surface area (TPSA) is 38.3 Å². The lowest BCUT2D eigenvalue weighted by molar-refractivity contribution is 0.0944. The zero-order valence-electron chi connectivity index (χ0n) is 19.7. The van der Waals surface area contributed by atoms with Gasteiger partial charge in [-0.25, -0.2) is 0 Å². The van der Waals surface area contributed by atoms with Crippen molar-refractivity contribution in [1.82, 2.24) is 5.32 Å². The normalized spacial score (nSPS) is 19.5. The summed E-state index contributed by atoms with van der Waals surface area (Å²) in [5.41, 5.74) is 7.01. The van der Waals surface area contributed by atoms with Gasteiger partial charge in [-0.05, 0) is 82.0 Å². The molecule has 0 fully saturated rings. The summed E-state index contributed by atoms with van der Waals surface area (Å²) in [7, 11) is 1.64. The zero-order chi connectivity index (χ0) is 23.8. The van der Waals surface area contributed by atoms with E-state index in [1.807, 2.05) is 42.6 Å². The largest absolute Gasteiger partial charge is 0.497 e. The first-order valence-corrected chi connectivity index (χ1v) is 12.1. The fourth-order valence-electron chi connectivity index (χ4n) is 5.56. The van der Waals surface area contributed by atoms with Crippen molar-refractivity contribution in [1.29, 1.82) is 0 Å². The summed E-state index contributed by atoms with van der Waals surface area (Å²) in [6.45, 7) is 0. The number of carbonyl (C=O) groups is 1. The van der Waals surface area contributed by atoms with Crippen LogP contribution in [0.15, 0.2) is 96.9 Å². The number of hydrogen-bond donors (Lipinski definition) is 1. The molecule has 3 nitrogen and oxygen atoms in total. The monoisotopic (exact) mass is 457 g/mol. The molecule has 6 rings (SSSR count). The minimum atomic E-state index is -0.211. The predicted molar refractivity (Wildman–Crippen MR) is 141 cm³/mol. The average Bonchev–Trinajstić information content (AvgIpc) is 3.21. The molecule has 2 aliphatic carbocycles. The summed E-state index contributed by atoms with van der Waals surface area (Å²) in [6.07, 6.45) is 16.4. The summed E-state index contributed by atoms with van der Waals surface area (Å²) in [4.78, 5) is 13.7. The Hall–Kier alpha value is -4.11. The van der Waals surface area contributed by atoms with Crippen LogP contribution < -0.4 is 20.5 Å². The SMILES string of the molecule is COc1ccc(C(=O)C2C=c3c(ccc4c3=CCc3ccccc3-4)C(C3=CC=CC=CN3)C2)cc1. The van der Waals surface area contributed by atoms with Gasteiger partial charge in [0.25, 0.3) is 0 Å². The van der Waals surface area contributed by atoms with E-state index < -0.39 is 0 Å². The number of fused-ring (bicyclic) bond motifs is 5. The molecule has 1 N–H and O–H groups in total. The first-order chi connectivity index (χ1) is 17.2. The van der Waals surface area contributed by atoms with Crippen molar-refractivity contribution in [2.45, 2.75) is 18.8 Å². The number of Topliss-reactive ketones (excluding diaryl/α,β-unsaturated/α-hetero) is 1. The molecule has 0 saturated carbocycles. The third kappa shape index (κ3) is 3.83. The van der Waals surface area contributed by atoms with Gasteiger partial charge < -0.3 is 10.1 Å². The first-order valence-electron chi connectivity index (χ1n) is 12.1. The number of methoxy groups -OCH3 is 1. The van der Waals surface area contributed by atoms with E-state index in [1.165, 1.54) is 32.7 Å². The van der Waals surface area contributed by atoms with Gasteiger partial charge in [-0.3, -0.25) is 4.79 Å². The van der Waals surface area contributed by atoms with Crippen LogP contribution in [0.1, 0.15) is 33.8 Å². The number of hydrogen-bond acceptors (Lipinski definition) is 3. The Labute approximate surface area is 205 Å². The van der Waals surface area contributed by atoms with E-state index in [0.717, 1.165) is 29.9 Å². The van der Waals surface area contributed by atoms with E-state index in [0.29, 0.717) is 0 Å². The van der Waals surface area contributed by atoms with E-state index in [9.17, 15) is 4.79 Å². The third-order valence-electron chi connectivity index (χ3n) is 7.32. The summed E-state index contributed by atoms with van der Waals surface area (Å²) < 4.78 is 5.29. The quantitative estimate of drug-likeness (QED) is 0.559. The number of nitrogens with one attached hydrogen (secondary N) is 1. The van der Waals surface area contributed by atoms with Crippen LogP contribution in [0.5, 0.6) is 5.75 Å². The highest BCUT2D eigenvalue weighted by Gasteiger charge is 2.31. The number of ether oxygens (including phenoxy) is 1. The van der Waals surface area contributed by atoms with Crippen molar-refractivity contribution in [2.75, 3.05) is 7.11 Å². The second-order valence-corrected chi connectivity index (χ2v) is 9.26. The fraction of sp³-hybridized carbons (Fsp3) is 0.156. The van der Waals surface area contributed by atoms with Crippen molar-refractivity contribution in [3.05, 3.63) is 124 Å². The Balaban J connectivity index is 1.51. The van der Waals surface area contributed by atoms with Gasteiger partial charge in [0.1, 0.15) is 5.75 Å². The highest BCUT2D eigenvalue weighted by Crippen LogP contribution is 2.35. The Morgan fingerprint density at radius 1 is 0.914 bits per heavy atom. The second-order valence-electron chi connectivity index (χ2n) is 9.26.